The number of likely N-dealkylation sites (N-methyl/N-ethyl adjacent to an activating group) is 1. The van der Waals surface area contributed by atoms with E-state index in [9.17, 15) is 36.0 Å². The minimum atomic E-state index is -3.63. The fraction of sp³-hybridized carbons (Fsp3) is 0.400. The molecule has 8 nitrogen and oxygen atoms in total. The van der Waals surface area contributed by atoms with E-state index in [1.165, 1.54) is 36.2 Å². The molecule has 2 aromatic rings. The van der Waals surface area contributed by atoms with E-state index in [2.05, 4.69) is 5.32 Å². The van der Waals surface area contributed by atoms with Crippen molar-refractivity contribution in [2.75, 3.05) is 19.8 Å². The summed E-state index contributed by atoms with van der Waals surface area (Å²) in [6.45, 7) is 0.523. The van der Waals surface area contributed by atoms with Gasteiger partial charge in [-0.05, 0) is 43.0 Å². The smallest absolute Gasteiger partial charge is 0.327 e. The van der Waals surface area contributed by atoms with Crippen LogP contribution in [-0.4, -0.2) is 62.0 Å². The van der Waals surface area contributed by atoms with E-state index in [1.54, 1.807) is 0 Å². The average molecular weight is 538 g/mol. The fourth-order valence-corrected chi connectivity index (χ4v) is 5.01. The van der Waals surface area contributed by atoms with Gasteiger partial charge in [0.05, 0.1) is 17.5 Å². The minimum Gasteiger partial charge on any atom is -0.347 e. The minimum absolute atomic E-state index is 0.0419. The zero-order valence-corrected chi connectivity index (χ0v) is 21.2. The maximum Gasteiger partial charge on any atom is 0.327 e. The van der Waals surface area contributed by atoms with E-state index < -0.39 is 57.1 Å². The van der Waals surface area contributed by atoms with Crippen LogP contribution in [0, 0.1) is 11.7 Å². The van der Waals surface area contributed by atoms with Crippen molar-refractivity contribution in [3.05, 3.63) is 65.0 Å². The number of hydrogen-bond donors (Lipinski definition) is 1. The molecule has 0 bridgehead atoms. The zero-order valence-electron chi connectivity index (χ0n) is 20.4. The molecule has 1 saturated carbocycles. The number of urea groups is 1. The highest BCUT2D eigenvalue weighted by Gasteiger charge is 2.46. The molecule has 1 aliphatic heterocycles. The fourth-order valence-electron chi connectivity index (χ4n) is 4.34. The third-order valence-corrected chi connectivity index (χ3v) is 7.67. The van der Waals surface area contributed by atoms with Crippen molar-refractivity contribution >= 4 is 27.7 Å². The summed E-state index contributed by atoms with van der Waals surface area (Å²) in [5.74, 6) is -5.82. The number of halogens is 3. The molecular formula is C25H26F3N3O5S. The van der Waals surface area contributed by atoms with Crippen LogP contribution in [0.5, 0.6) is 0 Å². The lowest BCUT2D eigenvalue weighted by atomic mass is 9.98. The van der Waals surface area contributed by atoms with Gasteiger partial charge < -0.3 is 10.2 Å². The first-order valence-corrected chi connectivity index (χ1v) is 13.4. The van der Waals surface area contributed by atoms with Crippen LogP contribution in [0.25, 0.3) is 0 Å². The molecule has 2 aromatic carbocycles. The highest BCUT2D eigenvalue weighted by atomic mass is 32.2. The van der Waals surface area contributed by atoms with Crippen molar-refractivity contribution in [3.8, 4) is 0 Å². The number of hydrogen-bond acceptors (Lipinski definition) is 5. The quantitative estimate of drug-likeness (QED) is 0.583. The van der Waals surface area contributed by atoms with Crippen molar-refractivity contribution in [3.63, 3.8) is 0 Å². The van der Waals surface area contributed by atoms with Crippen LogP contribution in [0.4, 0.5) is 18.0 Å². The van der Waals surface area contributed by atoms with Crippen molar-refractivity contribution < 1.29 is 36.0 Å². The third-order valence-electron chi connectivity index (χ3n) is 6.56. The summed E-state index contributed by atoms with van der Waals surface area (Å²) in [5, 5.41) is 2.71. The third kappa shape index (κ3) is 5.48. The summed E-state index contributed by atoms with van der Waals surface area (Å²) in [5.41, 5.74) is -0.545. The Hall–Kier alpha value is -3.41. The van der Waals surface area contributed by atoms with Crippen LogP contribution in [0.15, 0.2) is 47.4 Å². The van der Waals surface area contributed by atoms with Crippen LogP contribution in [0.3, 0.4) is 0 Å². The van der Waals surface area contributed by atoms with Gasteiger partial charge in [0.25, 0.3) is 11.8 Å². The van der Waals surface area contributed by atoms with Crippen molar-refractivity contribution in [2.45, 2.75) is 42.7 Å². The molecule has 1 N–H and O–H groups in total. The van der Waals surface area contributed by atoms with Gasteiger partial charge in [0.15, 0.2) is 9.84 Å². The van der Waals surface area contributed by atoms with Crippen LogP contribution < -0.4 is 5.32 Å². The normalized spacial score (nSPS) is 19.2. The number of imide groups is 1. The standard InChI is InChI=1S/C25H26F3N3O5S/c1-25(27,28)16-9-10-18(19(26)12-16)21(14-7-8-14)29-22(32)20-13-30(2)24(34)31(20)23(33)15-5-4-6-17(11-15)37(3,35)36/h4-6,9-12,14,20-21H,7-8,13H2,1-3H3,(H,29,32)/t20?,21-/m1/s1. The number of nitrogens with one attached hydrogen (secondary N) is 1. The second kappa shape index (κ2) is 9.47. The summed E-state index contributed by atoms with van der Waals surface area (Å²) >= 11 is 0. The first-order valence-electron chi connectivity index (χ1n) is 11.6. The lowest BCUT2D eigenvalue weighted by molar-refractivity contribution is -0.125. The number of carbonyl (C=O) groups excluding carboxylic acids is 3. The number of carbonyl (C=O) groups is 3. The Bertz CT molecular complexity index is 1370. The lowest BCUT2D eigenvalue weighted by Crippen LogP contribution is -2.49. The van der Waals surface area contributed by atoms with E-state index in [4.69, 9.17) is 0 Å². The van der Waals surface area contributed by atoms with E-state index in [1.807, 2.05) is 0 Å². The number of sulfone groups is 1. The largest absolute Gasteiger partial charge is 0.347 e. The summed E-state index contributed by atoms with van der Waals surface area (Å²) < 4.78 is 66.0. The van der Waals surface area contributed by atoms with Gasteiger partial charge in [0.2, 0.25) is 5.91 Å². The topological polar surface area (TPSA) is 104 Å². The van der Waals surface area contributed by atoms with Gasteiger partial charge in [-0.3, -0.25) is 9.59 Å². The Morgan fingerprint density at radius 3 is 2.38 bits per heavy atom. The van der Waals surface area contributed by atoms with Gasteiger partial charge >= 0.3 is 6.03 Å². The van der Waals surface area contributed by atoms with E-state index in [0.29, 0.717) is 19.8 Å². The molecule has 0 radical (unpaired) electrons. The molecule has 4 rings (SSSR count). The maximum absolute atomic E-state index is 14.9. The summed E-state index contributed by atoms with van der Waals surface area (Å²) in [4.78, 5) is 41.2. The molecule has 2 aliphatic rings. The van der Waals surface area contributed by atoms with Gasteiger partial charge in [-0.25, -0.2) is 31.3 Å². The lowest BCUT2D eigenvalue weighted by Gasteiger charge is -2.25. The highest BCUT2D eigenvalue weighted by molar-refractivity contribution is 7.90. The molecule has 2 fully saturated rings. The van der Waals surface area contributed by atoms with Crippen LogP contribution in [-0.2, 0) is 20.6 Å². The molecule has 198 valence electrons. The van der Waals surface area contributed by atoms with Crippen molar-refractivity contribution in [1.82, 2.24) is 15.1 Å². The van der Waals surface area contributed by atoms with Gasteiger partial charge in [0.1, 0.15) is 11.9 Å². The van der Waals surface area contributed by atoms with Gasteiger partial charge in [0, 0.05) is 36.9 Å². The van der Waals surface area contributed by atoms with Crippen LogP contribution in [0.2, 0.25) is 0 Å². The number of nitrogens with zero attached hydrogens (tertiary/aromatic N) is 2. The molecule has 0 spiro atoms. The van der Waals surface area contributed by atoms with E-state index in [0.717, 1.165) is 29.4 Å². The number of benzene rings is 2. The second-order valence-corrected chi connectivity index (χ2v) is 11.6. The Morgan fingerprint density at radius 2 is 1.81 bits per heavy atom. The molecule has 1 saturated heterocycles. The molecule has 2 atom stereocenters. The number of amides is 4. The maximum atomic E-state index is 14.9. The van der Waals surface area contributed by atoms with E-state index in [-0.39, 0.29) is 28.5 Å². The van der Waals surface area contributed by atoms with Crippen LogP contribution in [0.1, 0.15) is 47.3 Å². The molecule has 4 amide bonds. The SMILES string of the molecule is CN1CC(C(=O)N[C@@H](c2ccc(C(C)(F)F)cc2F)C2CC2)N(C(=O)c2cccc(S(C)(=O)=O)c2)C1=O. The molecule has 37 heavy (non-hydrogen) atoms. The molecule has 1 aliphatic carbocycles. The average Bonchev–Trinajstić information content (AvgIpc) is 3.61. The molecular weight excluding hydrogens is 511 g/mol. The summed E-state index contributed by atoms with van der Waals surface area (Å²) in [6, 6.07) is 5.35. The molecule has 12 heteroatoms. The second-order valence-electron chi connectivity index (χ2n) is 9.60. The van der Waals surface area contributed by atoms with Crippen LogP contribution >= 0.6 is 0 Å². The van der Waals surface area contributed by atoms with Crippen molar-refractivity contribution in [1.29, 1.82) is 0 Å². The zero-order chi connectivity index (χ0) is 27.3. The van der Waals surface area contributed by atoms with Gasteiger partial charge in [-0.2, -0.15) is 0 Å². The first kappa shape index (κ1) is 26.6. The highest BCUT2D eigenvalue weighted by Crippen LogP contribution is 2.42. The Kier molecular flexibility index (Phi) is 6.82. The van der Waals surface area contributed by atoms with Crippen molar-refractivity contribution in [2.24, 2.45) is 5.92 Å². The van der Waals surface area contributed by atoms with Gasteiger partial charge in [-0.15, -0.1) is 0 Å². The van der Waals surface area contributed by atoms with E-state index >= 15 is 0 Å². The Balaban J connectivity index is 1.61. The number of alkyl halides is 2. The summed E-state index contributed by atoms with van der Waals surface area (Å²) in [7, 11) is -2.22. The number of rotatable bonds is 7. The monoisotopic (exact) mass is 537 g/mol. The Morgan fingerprint density at radius 1 is 1.14 bits per heavy atom. The molecule has 1 unspecified atom stereocenters. The predicted molar refractivity (Wildman–Crippen MR) is 127 cm³/mol. The molecule has 1 heterocycles. The summed E-state index contributed by atoms with van der Waals surface area (Å²) in [6.07, 6.45) is 2.34. The first-order chi connectivity index (χ1) is 17.2. The Labute approximate surface area is 212 Å². The van der Waals surface area contributed by atoms with Gasteiger partial charge in [-0.1, -0.05) is 18.2 Å². The predicted octanol–water partition coefficient (Wildman–Crippen LogP) is 3.48. The molecule has 0 aromatic heterocycles.